The molecular formula is C28H28N4O4. The Morgan fingerprint density at radius 2 is 1.81 bits per heavy atom. The van der Waals surface area contributed by atoms with Crippen molar-refractivity contribution in [3.05, 3.63) is 83.3 Å². The molecule has 4 aromatic rings. The number of fused-ring (bicyclic) bond motifs is 1. The van der Waals surface area contributed by atoms with Crippen molar-refractivity contribution in [2.45, 2.75) is 33.2 Å². The van der Waals surface area contributed by atoms with Gasteiger partial charge < -0.3 is 19.6 Å². The Morgan fingerprint density at radius 1 is 1.06 bits per heavy atom. The fraction of sp³-hybridized carbons (Fsp3) is 0.250. The lowest BCUT2D eigenvalue weighted by Gasteiger charge is -2.13. The molecule has 2 aromatic carbocycles. The Hall–Kier alpha value is -4.33. The second-order valence-electron chi connectivity index (χ2n) is 8.96. The normalized spacial score (nSPS) is 15.5. The molecular weight excluding hydrogens is 456 g/mol. The smallest absolute Gasteiger partial charge is 0.325 e. The van der Waals surface area contributed by atoms with Gasteiger partial charge in [-0.25, -0.2) is 4.79 Å². The number of nitrogens with one attached hydrogen (secondary N) is 2. The van der Waals surface area contributed by atoms with E-state index in [1.54, 1.807) is 6.07 Å². The van der Waals surface area contributed by atoms with E-state index in [9.17, 15) is 14.4 Å². The van der Waals surface area contributed by atoms with E-state index in [0.717, 1.165) is 44.2 Å². The molecule has 0 aliphatic carbocycles. The summed E-state index contributed by atoms with van der Waals surface area (Å²) in [6, 6.07) is 16.0. The molecule has 8 heteroatoms. The zero-order chi connectivity index (χ0) is 25.4. The molecule has 184 valence electrons. The Labute approximate surface area is 208 Å². The van der Waals surface area contributed by atoms with Gasteiger partial charge in [-0.3, -0.25) is 14.5 Å². The molecule has 1 fully saturated rings. The van der Waals surface area contributed by atoms with E-state index in [0.29, 0.717) is 18.6 Å². The topological polar surface area (TPSA) is 96.4 Å². The summed E-state index contributed by atoms with van der Waals surface area (Å²) in [6.07, 6.45) is 2.21. The van der Waals surface area contributed by atoms with Gasteiger partial charge in [-0.2, -0.15) is 0 Å². The number of rotatable bonds is 8. The van der Waals surface area contributed by atoms with Crippen molar-refractivity contribution in [1.82, 2.24) is 19.8 Å². The average molecular weight is 485 g/mol. The van der Waals surface area contributed by atoms with Crippen LogP contribution in [-0.2, 0) is 11.2 Å². The summed E-state index contributed by atoms with van der Waals surface area (Å²) in [5.74, 6) is 0.108. The minimum atomic E-state index is -0.708. The summed E-state index contributed by atoms with van der Waals surface area (Å²) in [7, 11) is 0. The van der Waals surface area contributed by atoms with Crippen LogP contribution in [0.4, 0.5) is 4.79 Å². The summed E-state index contributed by atoms with van der Waals surface area (Å²) in [5, 5.41) is 3.75. The first-order valence-corrected chi connectivity index (χ1v) is 12.0. The predicted molar refractivity (Wildman–Crippen MR) is 137 cm³/mol. The van der Waals surface area contributed by atoms with Gasteiger partial charge in [0.2, 0.25) is 0 Å². The number of para-hydroxylation sites is 1. The van der Waals surface area contributed by atoms with Crippen LogP contribution < -0.4 is 10.1 Å². The lowest BCUT2D eigenvalue weighted by molar-refractivity contribution is -0.127. The van der Waals surface area contributed by atoms with Crippen LogP contribution in [0.3, 0.4) is 0 Å². The monoisotopic (exact) mass is 484 g/mol. The van der Waals surface area contributed by atoms with Gasteiger partial charge in [0, 0.05) is 46.2 Å². The van der Waals surface area contributed by atoms with Crippen LogP contribution >= 0.6 is 0 Å². The van der Waals surface area contributed by atoms with Crippen LogP contribution in [0.25, 0.3) is 16.6 Å². The maximum Gasteiger partial charge on any atom is 0.325 e. The molecule has 3 heterocycles. The minimum Gasteiger partial charge on any atom is -0.494 e. The summed E-state index contributed by atoms with van der Waals surface area (Å²) < 4.78 is 7.50. The molecule has 0 radical (unpaired) electrons. The molecule has 2 aromatic heterocycles. The molecule has 1 unspecified atom stereocenters. The van der Waals surface area contributed by atoms with Crippen molar-refractivity contribution in [3.63, 3.8) is 0 Å². The maximum absolute atomic E-state index is 13.2. The van der Waals surface area contributed by atoms with Crippen molar-refractivity contribution in [1.29, 1.82) is 0 Å². The van der Waals surface area contributed by atoms with Crippen molar-refractivity contribution in [3.8, 4) is 11.4 Å². The number of urea groups is 1. The molecule has 0 bridgehead atoms. The summed E-state index contributed by atoms with van der Waals surface area (Å²) >= 11 is 0. The Morgan fingerprint density at radius 3 is 2.56 bits per heavy atom. The van der Waals surface area contributed by atoms with E-state index >= 15 is 0 Å². The van der Waals surface area contributed by atoms with Gasteiger partial charge in [-0.15, -0.1) is 0 Å². The largest absolute Gasteiger partial charge is 0.494 e. The van der Waals surface area contributed by atoms with Gasteiger partial charge >= 0.3 is 6.03 Å². The summed E-state index contributed by atoms with van der Waals surface area (Å²) in [4.78, 5) is 43.1. The van der Waals surface area contributed by atoms with Crippen molar-refractivity contribution >= 4 is 28.6 Å². The third-order valence-electron chi connectivity index (χ3n) is 6.65. The molecule has 5 rings (SSSR count). The molecule has 2 N–H and O–H groups in total. The van der Waals surface area contributed by atoms with Gasteiger partial charge in [-0.05, 0) is 62.7 Å². The van der Waals surface area contributed by atoms with Gasteiger partial charge in [0.05, 0.1) is 13.2 Å². The molecule has 3 amide bonds. The molecule has 1 aliphatic heterocycles. The molecule has 0 spiro atoms. The van der Waals surface area contributed by atoms with E-state index in [1.165, 1.54) is 0 Å². The quantitative estimate of drug-likeness (QED) is 0.288. The van der Waals surface area contributed by atoms with Crippen LogP contribution in [0.1, 0.15) is 34.2 Å². The maximum atomic E-state index is 13.2. The Bertz CT molecular complexity index is 1460. The number of H-pyrrole nitrogens is 1. The first-order valence-electron chi connectivity index (χ1n) is 12.0. The molecule has 0 saturated carbocycles. The lowest BCUT2D eigenvalue weighted by atomic mass is 10.0. The molecule has 8 nitrogen and oxygen atoms in total. The number of ketones is 1. The van der Waals surface area contributed by atoms with E-state index in [4.69, 9.17) is 4.74 Å². The number of carbonyl (C=O) groups excluding carboxylic acids is 3. The minimum absolute atomic E-state index is 0.281. The van der Waals surface area contributed by atoms with Crippen LogP contribution in [0.15, 0.2) is 60.8 Å². The Kier molecular flexibility index (Phi) is 6.10. The zero-order valence-corrected chi connectivity index (χ0v) is 20.5. The number of aryl methyl sites for hydroxylation is 1. The number of Topliss-reactive ketones (excluding diaryl/α,β-unsaturated/α-hetero) is 1. The number of hydrogen-bond acceptors (Lipinski definition) is 4. The second-order valence-corrected chi connectivity index (χ2v) is 8.96. The fourth-order valence-electron chi connectivity index (χ4n) is 4.91. The molecule has 1 atom stereocenters. The highest BCUT2D eigenvalue weighted by Crippen LogP contribution is 2.25. The van der Waals surface area contributed by atoms with Gasteiger partial charge in [0.1, 0.15) is 11.8 Å². The molecule has 36 heavy (non-hydrogen) atoms. The predicted octanol–water partition coefficient (Wildman–Crippen LogP) is 4.32. The highest BCUT2D eigenvalue weighted by Gasteiger charge is 2.39. The van der Waals surface area contributed by atoms with Crippen molar-refractivity contribution < 1.29 is 19.1 Å². The average Bonchev–Trinajstić information content (AvgIpc) is 3.50. The third kappa shape index (κ3) is 4.15. The number of imide groups is 1. The summed E-state index contributed by atoms with van der Waals surface area (Å²) in [5.41, 5.74) is 4.94. The number of carbonyl (C=O) groups is 3. The van der Waals surface area contributed by atoms with Gasteiger partial charge in [0.15, 0.2) is 5.78 Å². The van der Waals surface area contributed by atoms with Crippen LogP contribution in [0.5, 0.6) is 5.75 Å². The van der Waals surface area contributed by atoms with E-state index < -0.39 is 12.1 Å². The Balaban J connectivity index is 1.32. The molecule has 1 aliphatic rings. The van der Waals surface area contributed by atoms with E-state index in [1.807, 2.05) is 80.1 Å². The number of aromatic amines is 1. The van der Waals surface area contributed by atoms with Crippen LogP contribution in [0, 0.1) is 13.8 Å². The number of ether oxygens (including phenoxy) is 1. The SMILES string of the molecule is CCOc1ccc(-n2c(C)cc(C(=O)CN3C(=O)NC(Cc4c[nH]c5ccccc45)C3=O)c2C)cc1. The third-order valence-corrected chi connectivity index (χ3v) is 6.65. The fourth-order valence-corrected chi connectivity index (χ4v) is 4.91. The lowest BCUT2D eigenvalue weighted by Crippen LogP contribution is -2.36. The van der Waals surface area contributed by atoms with Crippen LogP contribution in [-0.4, -0.2) is 51.4 Å². The number of aromatic nitrogens is 2. The number of amides is 3. The summed E-state index contributed by atoms with van der Waals surface area (Å²) in [6.45, 7) is 6.00. The standard InChI is InChI=1S/C28H28N4O4/c1-4-36-21-11-9-20(10-12-21)32-17(2)13-23(18(32)3)26(33)16-31-27(34)25(30-28(31)35)14-19-15-29-24-8-6-5-7-22(19)24/h5-13,15,25,29H,4,14,16H2,1-3H3,(H,30,35). The van der Waals surface area contributed by atoms with Crippen molar-refractivity contribution in [2.75, 3.05) is 13.2 Å². The number of hydrogen-bond donors (Lipinski definition) is 2. The first-order chi connectivity index (χ1) is 17.4. The second kappa shape index (κ2) is 9.37. The zero-order valence-electron chi connectivity index (χ0n) is 20.5. The van der Waals surface area contributed by atoms with E-state index in [-0.39, 0.29) is 18.2 Å². The van der Waals surface area contributed by atoms with E-state index in [2.05, 4.69) is 10.3 Å². The van der Waals surface area contributed by atoms with Crippen molar-refractivity contribution in [2.24, 2.45) is 0 Å². The molecule has 1 saturated heterocycles. The number of benzene rings is 2. The van der Waals surface area contributed by atoms with Gasteiger partial charge in [-0.1, -0.05) is 18.2 Å². The van der Waals surface area contributed by atoms with Gasteiger partial charge in [0.25, 0.3) is 5.91 Å². The van der Waals surface area contributed by atoms with Crippen LogP contribution in [0.2, 0.25) is 0 Å². The highest BCUT2D eigenvalue weighted by atomic mass is 16.5. The first kappa shape index (κ1) is 23.4. The number of nitrogens with zero attached hydrogens (tertiary/aromatic N) is 2. The highest BCUT2D eigenvalue weighted by molar-refractivity contribution is 6.09.